The molecule has 0 aromatic carbocycles. The van der Waals surface area contributed by atoms with Gasteiger partial charge in [0, 0.05) is 13.0 Å². The molecule has 0 aromatic heterocycles. The van der Waals surface area contributed by atoms with Crippen molar-refractivity contribution in [2.45, 2.75) is 76.5 Å². The summed E-state index contributed by atoms with van der Waals surface area (Å²) in [7, 11) is 0. The molecule has 186 valence electrons. The summed E-state index contributed by atoms with van der Waals surface area (Å²) >= 11 is 0. The summed E-state index contributed by atoms with van der Waals surface area (Å²) in [5.74, 6) is -6.58. The molecule has 0 bridgehead atoms. The molecule has 1 fully saturated rings. The van der Waals surface area contributed by atoms with Gasteiger partial charge in [0.15, 0.2) is 0 Å². The molecule has 0 saturated carbocycles. The van der Waals surface area contributed by atoms with Crippen LogP contribution in [0.4, 0.5) is 0 Å². The van der Waals surface area contributed by atoms with Crippen LogP contribution in [-0.2, 0) is 28.8 Å². The van der Waals surface area contributed by atoms with E-state index in [0.717, 1.165) is 4.90 Å². The molecule has 0 aromatic rings. The molecule has 3 amide bonds. The smallest absolute Gasteiger partial charge is 0.326 e. The molecule has 7 N–H and O–H groups in total. The number of likely N-dealkylation sites (tertiary alicyclic amines) is 1. The summed E-state index contributed by atoms with van der Waals surface area (Å²) in [5.41, 5.74) is 5.70. The van der Waals surface area contributed by atoms with E-state index in [1.807, 2.05) is 0 Å². The molecule has 5 atom stereocenters. The molecule has 13 heteroatoms. The molecular formula is C20H32N4O9. The van der Waals surface area contributed by atoms with Crippen LogP contribution in [0.15, 0.2) is 0 Å². The van der Waals surface area contributed by atoms with Gasteiger partial charge in [0.25, 0.3) is 0 Å². The lowest BCUT2D eigenvalue weighted by Crippen LogP contribution is -2.59. The Kier molecular flexibility index (Phi) is 10.7. The third-order valence-corrected chi connectivity index (χ3v) is 5.61. The van der Waals surface area contributed by atoms with E-state index < -0.39 is 72.1 Å². The van der Waals surface area contributed by atoms with Crippen molar-refractivity contribution in [1.82, 2.24) is 15.5 Å². The number of aliphatic carboxylic acids is 3. The Balaban J connectivity index is 3.00. The number of carboxylic acid groups (broad SMARTS) is 3. The molecule has 1 aliphatic rings. The predicted octanol–water partition coefficient (Wildman–Crippen LogP) is -1.26. The molecule has 0 spiro atoms. The summed E-state index contributed by atoms with van der Waals surface area (Å²) < 4.78 is 0. The molecule has 0 aliphatic carbocycles. The van der Waals surface area contributed by atoms with E-state index in [2.05, 4.69) is 10.6 Å². The second-order valence-electron chi connectivity index (χ2n) is 8.10. The highest BCUT2D eigenvalue weighted by Gasteiger charge is 2.39. The average Bonchev–Trinajstić information content (AvgIpc) is 3.23. The summed E-state index contributed by atoms with van der Waals surface area (Å²) in [6.07, 6.45) is -0.183. The van der Waals surface area contributed by atoms with Crippen molar-refractivity contribution in [3.8, 4) is 0 Å². The molecule has 1 rings (SSSR count). The van der Waals surface area contributed by atoms with Gasteiger partial charge >= 0.3 is 17.9 Å². The van der Waals surface area contributed by atoms with Crippen LogP contribution in [0.25, 0.3) is 0 Å². The summed E-state index contributed by atoms with van der Waals surface area (Å²) in [6.45, 7) is 3.52. The minimum absolute atomic E-state index is 0.117. The molecule has 5 unspecified atom stereocenters. The monoisotopic (exact) mass is 472 g/mol. The standard InChI is InChI=1S/C20H32N4O9/c1-3-10(2)16(23-17(29)11(21)6-7-14(25)26)18(30)22-12(9-15(27)28)19(31)24-8-4-5-13(24)20(32)33/h10-13,16H,3-9,21H2,1-2H3,(H,22,30)(H,23,29)(H,25,26)(H,27,28)(H,32,33). The van der Waals surface area contributed by atoms with Crippen LogP contribution in [-0.4, -0.2) is 86.6 Å². The van der Waals surface area contributed by atoms with E-state index in [1.54, 1.807) is 13.8 Å². The van der Waals surface area contributed by atoms with Crippen molar-refractivity contribution >= 4 is 35.6 Å². The van der Waals surface area contributed by atoms with Crippen molar-refractivity contribution in [2.24, 2.45) is 11.7 Å². The molecular weight excluding hydrogens is 440 g/mol. The first kappa shape index (κ1) is 27.8. The van der Waals surface area contributed by atoms with E-state index in [9.17, 15) is 39.0 Å². The van der Waals surface area contributed by atoms with Gasteiger partial charge in [-0.25, -0.2) is 4.79 Å². The van der Waals surface area contributed by atoms with Crippen LogP contribution in [0.1, 0.15) is 52.4 Å². The van der Waals surface area contributed by atoms with Gasteiger partial charge in [0.05, 0.1) is 12.5 Å². The number of amides is 3. The maximum atomic E-state index is 13.0. The molecule has 1 saturated heterocycles. The summed E-state index contributed by atoms with van der Waals surface area (Å²) in [6, 6.07) is -4.99. The van der Waals surface area contributed by atoms with Crippen molar-refractivity contribution < 1.29 is 44.1 Å². The van der Waals surface area contributed by atoms with Gasteiger partial charge < -0.3 is 36.6 Å². The van der Waals surface area contributed by atoms with Crippen molar-refractivity contribution in [2.75, 3.05) is 6.54 Å². The quantitative estimate of drug-likeness (QED) is 0.187. The number of carbonyl (C=O) groups excluding carboxylic acids is 3. The van der Waals surface area contributed by atoms with Gasteiger partial charge in [-0.15, -0.1) is 0 Å². The average molecular weight is 472 g/mol. The maximum absolute atomic E-state index is 13.0. The highest BCUT2D eigenvalue weighted by molar-refractivity contribution is 5.96. The first-order valence-corrected chi connectivity index (χ1v) is 10.7. The summed E-state index contributed by atoms with van der Waals surface area (Å²) in [5, 5.41) is 32.0. The van der Waals surface area contributed by atoms with Gasteiger partial charge in [-0.3, -0.25) is 24.0 Å². The maximum Gasteiger partial charge on any atom is 0.326 e. The Morgan fingerprint density at radius 2 is 1.67 bits per heavy atom. The van der Waals surface area contributed by atoms with Crippen LogP contribution in [0.2, 0.25) is 0 Å². The largest absolute Gasteiger partial charge is 0.481 e. The molecule has 1 heterocycles. The number of nitrogens with one attached hydrogen (secondary N) is 2. The molecule has 0 radical (unpaired) electrons. The van der Waals surface area contributed by atoms with Crippen LogP contribution in [0.5, 0.6) is 0 Å². The fourth-order valence-corrected chi connectivity index (χ4v) is 3.50. The third-order valence-electron chi connectivity index (χ3n) is 5.61. The minimum Gasteiger partial charge on any atom is -0.481 e. The highest BCUT2D eigenvalue weighted by atomic mass is 16.4. The van der Waals surface area contributed by atoms with Crippen molar-refractivity contribution in [3.63, 3.8) is 0 Å². The van der Waals surface area contributed by atoms with Crippen molar-refractivity contribution in [1.29, 1.82) is 0 Å². The van der Waals surface area contributed by atoms with E-state index in [0.29, 0.717) is 12.8 Å². The lowest BCUT2D eigenvalue weighted by molar-refractivity contribution is -0.150. The topological polar surface area (TPSA) is 216 Å². The Morgan fingerprint density at radius 1 is 1.03 bits per heavy atom. The van der Waals surface area contributed by atoms with E-state index >= 15 is 0 Å². The zero-order valence-electron chi connectivity index (χ0n) is 18.7. The van der Waals surface area contributed by atoms with Gasteiger partial charge in [-0.05, 0) is 25.2 Å². The van der Waals surface area contributed by atoms with Gasteiger partial charge in [0.2, 0.25) is 17.7 Å². The lowest BCUT2D eigenvalue weighted by atomic mass is 9.97. The third kappa shape index (κ3) is 8.33. The van der Waals surface area contributed by atoms with Crippen molar-refractivity contribution in [3.05, 3.63) is 0 Å². The number of carboxylic acids is 3. The van der Waals surface area contributed by atoms with Crippen LogP contribution in [0, 0.1) is 5.92 Å². The van der Waals surface area contributed by atoms with Gasteiger partial charge in [-0.2, -0.15) is 0 Å². The Labute approximate surface area is 190 Å². The number of hydrogen-bond acceptors (Lipinski definition) is 7. The first-order valence-electron chi connectivity index (χ1n) is 10.7. The highest BCUT2D eigenvalue weighted by Crippen LogP contribution is 2.19. The second kappa shape index (κ2) is 12.7. The van der Waals surface area contributed by atoms with E-state index in [4.69, 9.17) is 10.8 Å². The number of nitrogens with two attached hydrogens (primary N) is 1. The summed E-state index contributed by atoms with van der Waals surface area (Å²) in [4.78, 5) is 72.7. The zero-order chi connectivity index (χ0) is 25.3. The number of hydrogen-bond donors (Lipinski definition) is 6. The molecule has 13 nitrogen and oxygen atoms in total. The van der Waals surface area contributed by atoms with Gasteiger partial charge in [-0.1, -0.05) is 20.3 Å². The van der Waals surface area contributed by atoms with E-state index in [-0.39, 0.29) is 25.8 Å². The minimum atomic E-state index is -1.53. The lowest BCUT2D eigenvalue weighted by Gasteiger charge is -2.29. The van der Waals surface area contributed by atoms with Crippen LogP contribution >= 0.6 is 0 Å². The fraction of sp³-hybridized carbons (Fsp3) is 0.700. The fourth-order valence-electron chi connectivity index (χ4n) is 3.50. The SMILES string of the molecule is CCC(C)C(NC(=O)C(N)CCC(=O)O)C(=O)NC(CC(=O)O)C(=O)N1CCCC1C(=O)O. The number of nitrogens with zero attached hydrogens (tertiary/aromatic N) is 1. The van der Waals surface area contributed by atoms with Crippen LogP contribution in [0.3, 0.4) is 0 Å². The molecule has 33 heavy (non-hydrogen) atoms. The van der Waals surface area contributed by atoms with Gasteiger partial charge in [0.1, 0.15) is 18.1 Å². The second-order valence-corrected chi connectivity index (χ2v) is 8.10. The molecule has 1 aliphatic heterocycles. The first-order chi connectivity index (χ1) is 15.4. The zero-order valence-corrected chi connectivity index (χ0v) is 18.7. The normalized spacial score (nSPS) is 19.1. The predicted molar refractivity (Wildman–Crippen MR) is 113 cm³/mol. The Bertz CT molecular complexity index is 773. The Morgan fingerprint density at radius 3 is 2.18 bits per heavy atom. The van der Waals surface area contributed by atoms with Crippen LogP contribution < -0.4 is 16.4 Å². The van der Waals surface area contributed by atoms with E-state index in [1.165, 1.54) is 0 Å². The Hall–Kier alpha value is -3.22. The number of carbonyl (C=O) groups is 6. The number of rotatable bonds is 13.